The van der Waals surface area contributed by atoms with E-state index in [9.17, 15) is 4.79 Å². The van der Waals surface area contributed by atoms with Gasteiger partial charge in [0, 0.05) is 18.9 Å². The zero-order valence-electron chi connectivity index (χ0n) is 11.7. The van der Waals surface area contributed by atoms with Crippen molar-refractivity contribution in [1.29, 1.82) is 0 Å². The highest BCUT2D eigenvalue weighted by Crippen LogP contribution is 2.36. The normalized spacial score (nSPS) is 17.0. The van der Waals surface area contributed by atoms with Crippen molar-refractivity contribution in [3.63, 3.8) is 0 Å². The van der Waals surface area contributed by atoms with E-state index in [1.54, 1.807) is 4.90 Å². The molecule has 0 unspecified atom stereocenters. The minimum atomic E-state index is -0.0585. The van der Waals surface area contributed by atoms with Gasteiger partial charge in [-0.3, -0.25) is 9.69 Å². The molecule has 1 aromatic carbocycles. The summed E-state index contributed by atoms with van der Waals surface area (Å²) in [5.74, 6) is -0.0585. The van der Waals surface area contributed by atoms with Gasteiger partial charge >= 0.3 is 0 Å². The molecule has 1 amide bonds. The van der Waals surface area contributed by atoms with Gasteiger partial charge in [-0.05, 0) is 42.8 Å². The second-order valence-corrected chi connectivity index (χ2v) is 6.58. The first kappa shape index (κ1) is 14.1. The Morgan fingerprint density at radius 1 is 1.24 bits per heavy atom. The number of thiocarbonyl (C=S) groups is 1. The first-order chi connectivity index (χ1) is 10.1. The Balaban J connectivity index is 1.96. The Kier molecular flexibility index (Phi) is 3.69. The van der Waals surface area contributed by atoms with Crippen molar-refractivity contribution in [2.45, 2.75) is 6.92 Å². The third kappa shape index (κ3) is 2.66. The van der Waals surface area contributed by atoms with Crippen LogP contribution in [0.4, 0.5) is 5.69 Å². The molecule has 0 bridgehead atoms. The smallest absolute Gasteiger partial charge is 0.270 e. The molecule has 5 heteroatoms. The number of aromatic nitrogens is 1. The van der Waals surface area contributed by atoms with Crippen LogP contribution >= 0.6 is 24.0 Å². The van der Waals surface area contributed by atoms with Gasteiger partial charge in [-0.1, -0.05) is 36.1 Å². The lowest BCUT2D eigenvalue weighted by atomic mass is 10.2. The highest BCUT2D eigenvalue weighted by atomic mass is 32.2. The van der Waals surface area contributed by atoms with Gasteiger partial charge in [0.1, 0.15) is 0 Å². The van der Waals surface area contributed by atoms with Crippen molar-refractivity contribution in [2.75, 3.05) is 4.90 Å². The summed E-state index contributed by atoms with van der Waals surface area (Å²) in [6, 6.07) is 11.7. The minimum absolute atomic E-state index is 0.0585. The number of hydrogen-bond donors (Lipinski definition) is 0. The zero-order chi connectivity index (χ0) is 15.0. The molecule has 0 aliphatic carbocycles. The van der Waals surface area contributed by atoms with Crippen LogP contribution in [0.3, 0.4) is 0 Å². The summed E-state index contributed by atoms with van der Waals surface area (Å²) in [7, 11) is 1.95. The van der Waals surface area contributed by atoms with Gasteiger partial charge < -0.3 is 4.57 Å². The Morgan fingerprint density at radius 2 is 2.05 bits per heavy atom. The molecule has 1 fully saturated rings. The molecule has 1 saturated heterocycles. The Morgan fingerprint density at radius 3 is 2.71 bits per heavy atom. The van der Waals surface area contributed by atoms with Crippen LogP contribution in [-0.4, -0.2) is 14.8 Å². The van der Waals surface area contributed by atoms with Crippen LogP contribution in [0, 0.1) is 6.92 Å². The molecule has 0 atom stereocenters. The molecule has 1 aromatic heterocycles. The molecule has 0 radical (unpaired) electrons. The van der Waals surface area contributed by atoms with Crippen LogP contribution < -0.4 is 4.90 Å². The maximum atomic E-state index is 12.6. The third-order valence-corrected chi connectivity index (χ3v) is 4.62. The Labute approximate surface area is 133 Å². The van der Waals surface area contributed by atoms with Gasteiger partial charge in [0.2, 0.25) is 0 Å². The van der Waals surface area contributed by atoms with E-state index in [1.165, 1.54) is 11.8 Å². The molecular weight excluding hydrogens is 300 g/mol. The van der Waals surface area contributed by atoms with E-state index >= 15 is 0 Å². The summed E-state index contributed by atoms with van der Waals surface area (Å²) in [4.78, 5) is 14.9. The van der Waals surface area contributed by atoms with Gasteiger partial charge in [0.15, 0.2) is 4.32 Å². The average molecular weight is 314 g/mol. The predicted octanol–water partition coefficient (Wildman–Crippen LogP) is 3.74. The second kappa shape index (κ2) is 5.50. The number of thioether (sulfide) groups is 1. The maximum Gasteiger partial charge on any atom is 0.270 e. The zero-order valence-corrected chi connectivity index (χ0v) is 13.4. The number of amides is 1. The number of carbonyl (C=O) groups excluding carboxylic acids is 1. The van der Waals surface area contributed by atoms with Crippen LogP contribution in [-0.2, 0) is 11.8 Å². The van der Waals surface area contributed by atoms with Gasteiger partial charge in [-0.2, -0.15) is 0 Å². The largest absolute Gasteiger partial charge is 0.351 e. The molecule has 0 saturated carbocycles. The minimum Gasteiger partial charge on any atom is -0.351 e. The molecule has 0 spiro atoms. The second-order valence-electron chi connectivity index (χ2n) is 4.90. The Hall–Kier alpha value is -1.85. The fourth-order valence-corrected chi connectivity index (χ4v) is 3.50. The first-order valence-electron chi connectivity index (χ1n) is 6.52. The van der Waals surface area contributed by atoms with Crippen LogP contribution in [0.25, 0.3) is 6.08 Å². The summed E-state index contributed by atoms with van der Waals surface area (Å²) in [5.41, 5.74) is 2.92. The number of hydrogen-bond acceptors (Lipinski definition) is 3. The standard InChI is InChI=1S/C16H14N2OS2/c1-11-5-3-6-13(9-11)18-15(19)14(21-16(18)20)10-12-7-4-8-17(12)2/h3-10H,1-2H3/b14-10-. The molecule has 106 valence electrons. The molecule has 3 nitrogen and oxygen atoms in total. The molecule has 2 heterocycles. The van der Waals surface area contributed by atoms with E-state index in [1.807, 2.05) is 67.2 Å². The van der Waals surface area contributed by atoms with Crippen molar-refractivity contribution in [2.24, 2.45) is 7.05 Å². The molecule has 1 aliphatic rings. The summed E-state index contributed by atoms with van der Waals surface area (Å²) in [5, 5.41) is 0. The summed E-state index contributed by atoms with van der Waals surface area (Å²) < 4.78 is 2.55. The van der Waals surface area contributed by atoms with E-state index in [0.717, 1.165) is 16.9 Å². The van der Waals surface area contributed by atoms with Gasteiger partial charge in [-0.15, -0.1) is 0 Å². The van der Waals surface area contributed by atoms with Crippen LogP contribution in [0.2, 0.25) is 0 Å². The first-order valence-corrected chi connectivity index (χ1v) is 7.75. The van der Waals surface area contributed by atoms with Gasteiger partial charge in [-0.25, -0.2) is 0 Å². The van der Waals surface area contributed by atoms with Crippen molar-refractivity contribution in [3.05, 3.63) is 58.8 Å². The number of rotatable bonds is 2. The fourth-order valence-electron chi connectivity index (χ4n) is 2.22. The average Bonchev–Trinajstić information content (AvgIpc) is 2.95. The van der Waals surface area contributed by atoms with Crippen LogP contribution in [0.5, 0.6) is 0 Å². The van der Waals surface area contributed by atoms with E-state index in [4.69, 9.17) is 12.2 Å². The monoisotopic (exact) mass is 314 g/mol. The van der Waals surface area contributed by atoms with Crippen molar-refractivity contribution >= 4 is 46.0 Å². The van der Waals surface area contributed by atoms with Crippen molar-refractivity contribution in [1.82, 2.24) is 4.57 Å². The number of benzene rings is 1. The van der Waals surface area contributed by atoms with E-state index in [-0.39, 0.29) is 5.91 Å². The summed E-state index contributed by atoms with van der Waals surface area (Å²) >= 11 is 6.71. The van der Waals surface area contributed by atoms with Gasteiger partial charge in [0.25, 0.3) is 5.91 Å². The summed E-state index contributed by atoms with van der Waals surface area (Å²) in [6.07, 6.45) is 3.84. The van der Waals surface area contributed by atoms with Crippen LogP contribution in [0.15, 0.2) is 47.5 Å². The topological polar surface area (TPSA) is 25.2 Å². The molecule has 2 aromatic rings. The fraction of sp³-hybridized carbons (Fsp3) is 0.125. The lowest BCUT2D eigenvalue weighted by Gasteiger charge is -2.14. The van der Waals surface area contributed by atoms with E-state index < -0.39 is 0 Å². The summed E-state index contributed by atoms with van der Waals surface area (Å²) in [6.45, 7) is 2.00. The number of carbonyl (C=O) groups is 1. The SMILES string of the molecule is Cc1cccc(N2C(=O)/C(=C/c3cccn3C)SC2=S)c1. The van der Waals surface area contributed by atoms with Crippen molar-refractivity contribution < 1.29 is 4.79 Å². The molecule has 3 rings (SSSR count). The Bertz CT molecular complexity index is 761. The van der Waals surface area contributed by atoms with Crippen molar-refractivity contribution in [3.8, 4) is 0 Å². The number of anilines is 1. The lowest BCUT2D eigenvalue weighted by Crippen LogP contribution is -2.27. The quantitative estimate of drug-likeness (QED) is 0.624. The van der Waals surface area contributed by atoms with E-state index in [0.29, 0.717) is 9.23 Å². The highest BCUT2D eigenvalue weighted by molar-refractivity contribution is 8.27. The lowest BCUT2D eigenvalue weighted by molar-refractivity contribution is -0.113. The highest BCUT2D eigenvalue weighted by Gasteiger charge is 2.33. The molecular formula is C16H14N2OS2. The number of nitrogens with zero attached hydrogens (tertiary/aromatic N) is 2. The molecule has 21 heavy (non-hydrogen) atoms. The predicted molar refractivity (Wildman–Crippen MR) is 92.2 cm³/mol. The number of aryl methyl sites for hydroxylation is 2. The van der Waals surface area contributed by atoms with Gasteiger partial charge in [0.05, 0.1) is 10.6 Å². The third-order valence-electron chi connectivity index (χ3n) is 3.32. The van der Waals surface area contributed by atoms with E-state index in [2.05, 4.69) is 0 Å². The van der Waals surface area contributed by atoms with Crippen LogP contribution in [0.1, 0.15) is 11.3 Å². The molecule has 0 N–H and O–H groups in total. The molecule has 1 aliphatic heterocycles. The maximum absolute atomic E-state index is 12.6.